The first-order chi connectivity index (χ1) is 16.6. The number of rotatable bonds is 8. The van der Waals surface area contributed by atoms with E-state index in [1.54, 1.807) is 48.4 Å². The molecule has 174 valence electrons. The van der Waals surface area contributed by atoms with Crippen molar-refractivity contribution in [2.24, 2.45) is 5.73 Å². The van der Waals surface area contributed by atoms with Crippen molar-refractivity contribution in [3.05, 3.63) is 108 Å². The molecule has 2 aromatic carbocycles. The quantitative estimate of drug-likeness (QED) is 0.450. The molecular formula is C27H28N4O3. The zero-order valence-corrected chi connectivity index (χ0v) is 19.0. The van der Waals surface area contributed by atoms with E-state index >= 15 is 0 Å². The van der Waals surface area contributed by atoms with Gasteiger partial charge in [0.25, 0.3) is 5.91 Å². The summed E-state index contributed by atoms with van der Waals surface area (Å²) in [5.74, 6) is -0.901. The third-order valence-corrected chi connectivity index (χ3v) is 5.99. The average Bonchev–Trinajstić information content (AvgIpc) is 3.27. The lowest BCUT2D eigenvalue weighted by molar-refractivity contribution is -0.123. The van der Waals surface area contributed by atoms with Crippen LogP contribution < -0.4 is 11.1 Å². The van der Waals surface area contributed by atoms with Gasteiger partial charge in [-0.05, 0) is 23.8 Å². The molecule has 4 rings (SSSR count). The molecule has 7 nitrogen and oxygen atoms in total. The zero-order valence-electron chi connectivity index (χ0n) is 19.0. The van der Waals surface area contributed by atoms with Crippen LogP contribution in [0, 0.1) is 0 Å². The highest BCUT2D eigenvalue weighted by Crippen LogP contribution is 2.44. The number of fused-ring (bicyclic) bond motifs is 2. The Balaban J connectivity index is 1.86. The van der Waals surface area contributed by atoms with E-state index in [0.717, 1.165) is 16.5 Å². The zero-order chi connectivity index (χ0) is 24.1. The van der Waals surface area contributed by atoms with Gasteiger partial charge in [-0.15, -0.1) is 0 Å². The summed E-state index contributed by atoms with van der Waals surface area (Å²) in [6.45, 7) is 4.31. The van der Waals surface area contributed by atoms with Gasteiger partial charge < -0.3 is 25.7 Å². The Morgan fingerprint density at radius 3 is 2.74 bits per heavy atom. The lowest BCUT2D eigenvalue weighted by Crippen LogP contribution is -2.48. The number of carbonyl (C=O) groups is 2. The van der Waals surface area contributed by atoms with Crippen molar-refractivity contribution in [3.63, 3.8) is 0 Å². The number of hydrogen-bond acceptors (Lipinski definition) is 4. The first kappa shape index (κ1) is 23.1. The van der Waals surface area contributed by atoms with Gasteiger partial charge in [0.2, 0.25) is 5.91 Å². The summed E-state index contributed by atoms with van der Waals surface area (Å²) in [5.41, 5.74) is 9.05. The minimum Gasteiger partial charge on any atom is -0.385 e. The molecule has 34 heavy (non-hydrogen) atoms. The van der Waals surface area contributed by atoms with Gasteiger partial charge in [0, 0.05) is 41.9 Å². The molecule has 0 saturated heterocycles. The van der Waals surface area contributed by atoms with Crippen LogP contribution >= 0.6 is 0 Å². The van der Waals surface area contributed by atoms with E-state index in [-0.39, 0.29) is 17.6 Å². The minimum atomic E-state index is -0.680. The third kappa shape index (κ3) is 4.38. The number of aromatic nitrogens is 1. The van der Waals surface area contributed by atoms with Crippen molar-refractivity contribution in [1.29, 1.82) is 0 Å². The molecular weight excluding hydrogens is 428 g/mol. The summed E-state index contributed by atoms with van der Waals surface area (Å²) in [4.78, 5) is 32.3. The second kappa shape index (κ2) is 10.2. The molecule has 0 spiro atoms. The monoisotopic (exact) mass is 456 g/mol. The minimum absolute atomic E-state index is 0.135. The highest BCUT2D eigenvalue weighted by Gasteiger charge is 2.44. The van der Waals surface area contributed by atoms with Crippen LogP contribution in [0.4, 0.5) is 0 Å². The standard InChI is InChI=1S/C27H28N4O3/c1-3-4-5-14-23(28)30-26(32)24-19-11-6-7-12-20(19)27(33)31(15-16-34-2)25(24)21-17-29-22-13-9-8-10-18(21)22/h3-14,17,24-25,29H,1,15-16,28H2,2H3,(H,30,32)/b5-4-,23-14+. The van der Waals surface area contributed by atoms with Crippen LogP contribution in [-0.2, 0) is 9.53 Å². The predicted octanol–water partition coefficient (Wildman–Crippen LogP) is 3.75. The molecule has 1 aliphatic rings. The molecule has 2 amide bonds. The van der Waals surface area contributed by atoms with Gasteiger partial charge in [0.1, 0.15) is 5.82 Å². The first-order valence-corrected chi connectivity index (χ1v) is 11.1. The fraction of sp³-hybridized carbons (Fsp3) is 0.185. The number of allylic oxidation sites excluding steroid dienone is 4. The van der Waals surface area contributed by atoms with Gasteiger partial charge in [-0.25, -0.2) is 0 Å². The van der Waals surface area contributed by atoms with Crippen LogP contribution in [0.25, 0.3) is 10.9 Å². The molecule has 4 N–H and O–H groups in total. The van der Waals surface area contributed by atoms with Gasteiger partial charge in [0.05, 0.1) is 18.6 Å². The number of nitrogens with one attached hydrogen (secondary N) is 2. The Bertz CT molecular complexity index is 1270. The summed E-state index contributed by atoms with van der Waals surface area (Å²) in [7, 11) is 1.59. The summed E-state index contributed by atoms with van der Waals surface area (Å²) < 4.78 is 5.30. The maximum atomic E-state index is 13.7. The number of H-pyrrole nitrogens is 1. The lowest BCUT2D eigenvalue weighted by Gasteiger charge is -2.41. The van der Waals surface area contributed by atoms with Crippen LogP contribution in [0.3, 0.4) is 0 Å². The second-order valence-corrected chi connectivity index (χ2v) is 8.02. The van der Waals surface area contributed by atoms with Crippen molar-refractivity contribution in [3.8, 4) is 0 Å². The Labute approximate surface area is 198 Å². The maximum absolute atomic E-state index is 13.7. The largest absolute Gasteiger partial charge is 0.385 e. The van der Waals surface area contributed by atoms with Crippen LogP contribution in [0.15, 0.2) is 91.4 Å². The highest BCUT2D eigenvalue weighted by molar-refractivity contribution is 6.02. The fourth-order valence-corrected chi connectivity index (χ4v) is 4.49. The number of para-hydroxylation sites is 1. The SMILES string of the molecule is C=C/C=C\C=C(/N)NC(=O)C1c2ccccc2C(=O)N(CCOC)C1c1c[nH]c2ccccc12. The summed E-state index contributed by atoms with van der Waals surface area (Å²) in [5, 5.41) is 3.77. The molecule has 3 aromatic rings. The molecule has 2 heterocycles. The number of aromatic amines is 1. The number of nitrogens with zero attached hydrogens (tertiary/aromatic N) is 1. The van der Waals surface area contributed by atoms with E-state index in [2.05, 4.69) is 16.9 Å². The predicted molar refractivity (Wildman–Crippen MR) is 133 cm³/mol. The van der Waals surface area contributed by atoms with Gasteiger partial charge in [0.15, 0.2) is 0 Å². The Hall–Kier alpha value is -4.10. The second-order valence-electron chi connectivity index (χ2n) is 8.02. The first-order valence-electron chi connectivity index (χ1n) is 11.1. The molecule has 2 atom stereocenters. The number of carbonyl (C=O) groups excluding carboxylic acids is 2. The van der Waals surface area contributed by atoms with Crippen LogP contribution in [0.5, 0.6) is 0 Å². The molecule has 0 radical (unpaired) electrons. The van der Waals surface area contributed by atoms with Gasteiger partial charge >= 0.3 is 0 Å². The van der Waals surface area contributed by atoms with Gasteiger partial charge in [-0.2, -0.15) is 0 Å². The summed E-state index contributed by atoms with van der Waals surface area (Å²) in [6.07, 6.45) is 8.51. The molecule has 7 heteroatoms. The number of hydrogen-bond donors (Lipinski definition) is 3. The highest BCUT2D eigenvalue weighted by atomic mass is 16.5. The number of amides is 2. The molecule has 2 unspecified atom stereocenters. The van der Waals surface area contributed by atoms with Crippen molar-refractivity contribution in [2.75, 3.05) is 20.3 Å². The van der Waals surface area contributed by atoms with Crippen molar-refractivity contribution in [2.45, 2.75) is 12.0 Å². The molecule has 0 saturated carbocycles. The number of benzene rings is 2. The van der Waals surface area contributed by atoms with Gasteiger partial charge in [-0.1, -0.05) is 61.2 Å². The lowest BCUT2D eigenvalue weighted by atomic mass is 9.79. The van der Waals surface area contributed by atoms with Crippen molar-refractivity contribution in [1.82, 2.24) is 15.2 Å². The number of nitrogens with two attached hydrogens (primary N) is 1. The normalized spacial score (nSPS) is 18.3. The number of ether oxygens (including phenoxy) is 1. The molecule has 1 aromatic heterocycles. The van der Waals surface area contributed by atoms with Gasteiger partial charge in [-0.3, -0.25) is 9.59 Å². The van der Waals surface area contributed by atoms with Crippen LogP contribution in [-0.4, -0.2) is 42.0 Å². The van der Waals surface area contributed by atoms with E-state index in [0.29, 0.717) is 24.3 Å². The Kier molecular flexibility index (Phi) is 6.94. The van der Waals surface area contributed by atoms with E-state index in [1.807, 2.05) is 42.6 Å². The average molecular weight is 457 g/mol. The van der Waals surface area contributed by atoms with Crippen LogP contribution in [0.2, 0.25) is 0 Å². The number of methoxy groups -OCH3 is 1. The Morgan fingerprint density at radius 1 is 1.18 bits per heavy atom. The van der Waals surface area contributed by atoms with Crippen molar-refractivity contribution < 1.29 is 14.3 Å². The molecule has 1 aliphatic heterocycles. The van der Waals surface area contributed by atoms with E-state index in [1.165, 1.54) is 0 Å². The molecule has 0 aliphatic carbocycles. The van der Waals surface area contributed by atoms with Crippen molar-refractivity contribution >= 4 is 22.7 Å². The third-order valence-electron chi connectivity index (χ3n) is 5.99. The summed E-state index contributed by atoms with van der Waals surface area (Å²) >= 11 is 0. The topological polar surface area (TPSA) is 100 Å². The molecule has 0 bridgehead atoms. The van der Waals surface area contributed by atoms with Crippen LogP contribution in [0.1, 0.15) is 33.4 Å². The van der Waals surface area contributed by atoms with E-state index in [9.17, 15) is 9.59 Å². The van der Waals surface area contributed by atoms with E-state index < -0.39 is 12.0 Å². The summed E-state index contributed by atoms with van der Waals surface area (Å²) in [6, 6.07) is 14.5. The smallest absolute Gasteiger partial charge is 0.254 e. The Morgan fingerprint density at radius 2 is 1.94 bits per heavy atom. The van der Waals surface area contributed by atoms with E-state index in [4.69, 9.17) is 10.5 Å². The fourth-order valence-electron chi connectivity index (χ4n) is 4.49. The molecule has 0 fully saturated rings. The maximum Gasteiger partial charge on any atom is 0.254 e.